The number of hydrogen-bond donors (Lipinski definition) is 0. The zero-order valence-corrected chi connectivity index (χ0v) is 16.2. The highest BCUT2D eigenvalue weighted by Gasteiger charge is 2.69. The Balaban J connectivity index is 1.79. The first-order chi connectivity index (χ1) is 13.1. The number of fused-ring (bicyclic) bond motifs is 4. The number of hydrogen-bond acceptors (Lipinski definition) is 5. The molecule has 1 saturated carbocycles. The predicted octanol–water partition coefficient (Wildman–Crippen LogP) is 3.93. The average molecular weight is 372 g/mol. The second kappa shape index (κ2) is 7.12. The summed E-state index contributed by atoms with van der Waals surface area (Å²) in [6.45, 7) is 1.94. The molecule has 1 aromatic rings. The number of methoxy groups -OCH3 is 1. The Morgan fingerprint density at radius 3 is 2.67 bits per heavy atom. The van der Waals surface area contributed by atoms with E-state index in [1.165, 1.54) is 6.42 Å². The van der Waals surface area contributed by atoms with Crippen molar-refractivity contribution in [3.05, 3.63) is 35.4 Å². The van der Waals surface area contributed by atoms with Crippen molar-refractivity contribution in [3.63, 3.8) is 0 Å². The standard InChI is InChI=1S/C22H28O5/c1-3-9-18(23)22-19(26-15-10-5-4-6-11-15)14-21(25-2,27-22)17-13-8-7-12-16(17)20(22)24/h7-8,12-13,15,19H,3-6,9-11,14H2,1-2H3/t19-,21-,22+/m0/s1. The Labute approximate surface area is 160 Å². The molecule has 5 heteroatoms. The van der Waals surface area contributed by atoms with Gasteiger partial charge < -0.3 is 14.2 Å². The van der Waals surface area contributed by atoms with Crippen LogP contribution in [0.5, 0.6) is 0 Å². The van der Waals surface area contributed by atoms with Gasteiger partial charge in [0.1, 0.15) is 6.10 Å². The average Bonchev–Trinajstić information content (AvgIpc) is 3.01. The maximum atomic E-state index is 13.5. The maximum absolute atomic E-state index is 13.5. The number of carbonyl (C=O) groups is 2. The van der Waals surface area contributed by atoms with E-state index in [1.807, 2.05) is 25.1 Å². The highest BCUT2D eigenvalue weighted by atomic mass is 16.7. The van der Waals surface area contributed by atoms with Crippen LogP contribution in [0.1, 0.15) is 74.2 Å². The van der Waals surface area contributed by atoms with Crippen molar-refractivity contribution in [2.75, 3.05) is 7.11 Å². The third-order valence-electron chi connectivity index (χ3n) is 6.28. The number of ether oxygens (including phenoxy) is 3. The molecule has 2 aliphatic heterocycles. The Morgan fingerprint density at radius 2 is 1.96 bits per heavy atom. The van der Waals surface area contributed by atoms with Gasteiger partial charge in [-0.05, 0) is 19.3 Å². The van der Waals surface area contributed by atoms with Gasteiger partial charge in [-0.1, -0.05) is 50.5 Å². The molecule has 146 valence electrons. The molecule has 1 saturated heterocycles. The first kappa shape index (κ1) is 18.8. The van der Waals surface area contributed by atoms with E-state index >= 15 is 0 Å². The molecule has 27 heavy (non-hydrogen) atoms. The Bertz CT molecular complexity index is 738. The van der Waals surface area contributed by atoms with Crippen LogP contribution in [0.15, 0.2) is 24.3 Å². The molecular formula is C22H28O5. The smallest absolute Gasteiger partial charge is 0.218 e. The Hall–Kier alpha value is -1.56. The lowest BCUT2D eigenvalue weighted by Gasteiger charge is -2.39. The van der Waals surface area contributed by atoms with Crippen LogP contribution in [0.4, 0.5) is 0 Å². The van der Waals surface area contributed by atoms with Gasteiger partial charge in [0.05, 0.1) is 6.10 Å². The van der Waals surface area contributed by atoms with Gasteiger partial charge in [-0.3, -0.25) is 9.59 Å². The van der Waals surface area contributed by atoms with Crippen molar-refractivity contribution in [2.24, 2.45) is 0 Å². The van der Waals surface area contributed by atoms with E-state index in [0.29, 0.717) is 24.0 Å². The topological polar surface area (TPSA) is 61.8 Å². The summed E-state index contributed by atoms with van der Waals surface area (Å²) in [5.41, 5.74) is -0.366. The molecule has 3 aliphatic rings. The lowest BCUT2D eigenvalue weighted by Crippen LogP contribution is -2.58. The summed E-state index contributed by atoms with van der Waals surface area (Å²) in [7, 11) is 1.57. The number of rotatable bonds is 6. The van der Waals surface area contributed by atoms with Crippen LogP contribution < -0.4 is 0 Å². The zero-order chi connectivity index (χ0) is 19.1. The monoisotopic (exact) mass is 372 g/mol. The van der Waals surface area contributed by atoms with Gasteiger partial charge in [-0.15, -0.1) is 0 Å². The van der Waals surface area contributed by atoms with E-state index in [9.17, 15) is 9.59 Å². The van der Waals surface area contributed by atoms with Crippen molar-refractivity contribution < 1.29 is 23.8 Å². The molecule has 2 bridgehead atoms. The number of Topliss-reactive ketones (excluding diaryl/α,β-unsaturated/α-hetero) is 2. The maximum Gasteiger partial charge on any atom is 0.218 e. The minimum absolute atomic E-state index is 0.0721. The first-order valence-corrected chi connectivity index (χ1v) is 10.2. The molecule has 2 fully saturated rings. The van der Waals surface area contributed by atoms with Gasteiger partial charge in [0, 0.05) is 31.1 Å². The van der Waals surface area contributed by atoms with Crippen LogP contribution in [0, 0.1) is 0 Å². The van der Waals surface area contributed by atoms with Crippen LogP contribution >= 0.6 is 0 Å². The molecule has 5 nitrogen and oxygen atoms in total. The summed E-state index contributed by atoms with van der Waals surface area (Å²) in [6.07, 6.45) is 6.17. The second-order valence-corrected chi connectivity index (χ2v) is 7.93. The van der Waals surface area contributed by atoms with E-state index in [0.717, 1.165) is 25.7 Å². The second-order valence-electron chi connectivity index (χ2n) is 7.93. The van der Waals surface area contributed by atoms with E-state index in [-0.39, 0.29) is 24.1 Å². The third-order valence-corrected chi connectivity index (χ3v) is 6.28. The molecular weight excluding hydrogens is 344 g/mol. The van der Waals surface area contributed by atoms with Crippen molar-refractivity contribution in [1.29, 1.82) is 0 Å². The molecule has 0 spiro atoms. The predicted molar refractivity (Wildman–Crippen MR) is 99.6 cm³/mol. The van der Waals surface area contributed by atoms with Gasteiger partial charge in [0.25, 0.3) is 0 Å². The fourth-order valence-electron chi connectivity index (χ4n) is 4.91. The summed E-state index contributed by atoms with van der Waals surface area (Å²) >= 11 is 0. The van der Waals surface area contributed by atoms with Crippen LogP contribution in [-0.2, 0) is 24.8 Å². The van der Waals surface area contributed by atoms with Crippen LogP contribution in [0.25, 0.3) is 0 Å². The fourth-order valence-corrected chi connectivity index (χ4v) is 4.91. The molecule has 2 heterocycles. The highest BCUT2D eigenvalue weighted by molar-refractivity contribution is 6.20. The van der Waals surface area contributed by atoms with Crippen LogP contribution in [0.3, 0.4) is 0 Å². The van der Waals surface area contributed by atoms with Crippen LogP contribution in [0.2, 0.25) is 0 Å². The minimum atomic E-state index is -1.59. The highest BCUT2D eigenvalue weighted by Crippen LogP contribution is 2.54. The number of ketones is 2. The molecule has 3 atom stereocenters. The summed E-state index contributed by atoms with van der Waals surface area (Å²) in [4.78, 5) is 26.8. The molecule has 1 aromatic carbocycles. The lowest BCUT2D eigenvalue weighted by atomic mass is 9.82. The lowest BCUT2D eigenvalue weighted by molar-refractivity contribution is -0.240. The van der Waals surface area contributed by atoms with Gasteiger partial charge in [-0.2, -0.15) is 0 Å². The molecule has 0 radical (unpaired) electrons. The normalized spacial score (nSPS) is 33.1. The largest absolute Gasteiger partial charge is 0.371 e. The molecule has 0 amide bonds. The quantitative estimate of drug-likeness (QED) is 0.708. The van der Waals surface area contributed by atoms with Crippen molar-refractivity contribution >= 4 is 11.6 Å². The van der Waals surface area contributed by atoms with Gasteiger partial charge in [-0.25, -0.2) is 0 Å². The van der Waals surface area contributed by atoms with Gasteiger partial charge >= 0.3 is 0 Å². The third kappa shape index (κ3) is 2.79. The van der Waals surface area contributed by atoms with Gasteiger partial charge in [0.2, 0.25) is 11.4 Å². The summed E-state index contributed by atoms with van der Waals surface area (Å²) < 4.78 is 18.5. The zero-order valence-electron chi connectivity index (χ0n) is 16.2. The minimum Gasteiger partial charge on any atom is -0.371 e. The molecule has 1 aliphatic carbocycles. The number of carbonyl (C=O) groups excluding carboxylic acids is 2. The Kier molecular flexibility index (Phi) is 4.95. The SMILES string of the molecule is CCCC(=O)[C@@]12O[C@@](OC)(C[C@@H]1OC1CCCCC1)c1ccccc1C2=O. The molecule has 0 N–H and O–H groups in total. The van der Waals surface area contributed by atoms with Crippen LogP contribution in [-0.4, -0.2) is 36.5 Å². The Morgan fingerprint density at radius 1 is 1.22 bits per heavy atom. The van der Waals surface area contributed by atoms with E-state index in [1.54, 1.807) is 13.2 Å². The summed E-state index contributed by atoms with van der Waals surface area (Å²) in [5, 5.41) is 0. The van der Waals surface area contributed by atoms with Crippen molar-refractivity contribution in [3.8, 4) is 0 Å². The van der Waals surface area contributed by atoms with E-state index < -0.39 is 17.5 Å². The summed E-state index contributed by atoms with van der Waals surface area (Å²) in [5.74, 6) is -1.57. The molecule has 4 rings (SSSR count). The van der Waals surface area contributed by atoms with Gasteiger partial charge in [0.15, 0.2) is 11.6 Å². The molecule has 0 aromatic heterocycles. The molecule has 0 unspecified atom stereocenters. The van der Waals surface area contributed by atoms with E-state index in [2.05, 4.69) is 0 Å². The van der Waals surface area contributed by atoms with Crippen molar-refractivity contribution in [2.45, 2.75) is 81.9 Å². The summed E-state index contributed by atoms with van der Waals surface area (Å²) in [6, 6.07) is 7.31. The first-order valence-electron chi connectivity index (χ1n) is 10.2. The fraction of sp³-hybridized carbons (Fsp3) is 0.636. The number of benzene rings is 1. The van der Waals surface area contributed by atoms with E-state index in [4.69, 9.17) is 14.2 Å². The van der Waals surface area contributed by atoms with Crippen molar-refractivity contribution in [1.82, 2.24) is 0 Å².